The number of hydrogen-bond donors (Lipinski definition) is 2. The van der Waals surface area contributed by atoms with Crippen LogP contribution in [0.25, 0.3) is 0 Å². The second-order valence-corrected chi connectivity index (χ2v) is 11.8. The standard InChI is InChI=1S/C25H34F2N4O4S/c1-16-13-21(29-36(33,34)30(2)3)22(31(16)25-24(27)23(32)11-12-28-25)15-35-20-9-7-17(8-10-20)18-5-4-6-19(26)14-18/h4-6,11-12,14,16-17,20-22,29H,7-10,13,15H2,1-3H3,(H,28,32)/t16-,17-,20+,21+,22+/m1/s1. The first-order chi connectivity index (χ1) is 17.1. The van der Waals surface area contributed by atoms with Crippen molar-refractivity contribution in [3.05, 3.63) is 53.7 Å². The van der Waals surface area contributed by atoms with Gasteiger partial charge in [-0.1, -0.05) is 12.1 Å². The molecule has 2 fully saturated rings. The molecule has 1 aromatic carbocycles. The monoisotopic (exact) mass is 524 g/mol. The summed E-state index contributed by atoms with van der Waals surface area (Å²) >= 11 is 0. The first-order valence-electron chi connectivity index (χ1n) is 12.3. The Bertz CT molecular complexity index is 1160. The van der Waals surface area contributed by atoms with E-state index in [0.717, 1.165) is 35.6 Å². The van der Waals surface area contributed by atoms with E-state index in [1.807, 2.05) is 13.0 Å². The molecule has 1 saturated carbocycles. The number of aromatic nitrogens is 1. The average Bonchev–Trinajstić information content (AvgIpc) is 3.13. The lowest BCUT2D eigenvalue weighted by Gasteiger charge is -2.34. The molecule has 2 heterocycles. The zero-order chi connectivity index (χ0) is 26.0. The number of benzene rings is 1. The van der Waals surface area contributed by atoms with E-state index in [1.165, 1.54) is 32.4 Å². The summed E-state index contributed by atoms with van der Waals surface area (Å²) in [5, 5.41) is 9.91. The van der Waals surface area contributed by atoms with Crippen LogP contribution in [0.15, 0.2) is 36.5 Å². The Morgan fingerprint density at radius 1 is 1.19 bits per heavy atom. The van der Waals surface area contributed by atoms with Crippen molar-refractivity contribution < 1.29 is 27.0 Å². The Hall–Kier alpha value is -2.34. The van der Waals surface area contributed by atoms with Crippen LogP contribution in [0.4, 0.5) is 14.6 Å². The molecular weight excluding hydrogens is 490 g/mol. The van der Waals surface area contributed by atoms with Crippen molar-refractivity contribution in [2.75, 3.05) is 25.6 Å². The molecule has 36 heavy (non-hydrogen) atoms. The van der Waals surface area contributed by atoms with Gasteiger partial charge >= 0.3 is 0 Å². The summed E-state index contributed by atoms with van der Waals surface area (Å²) in [5.41, 5.74) is 0.993. The molecular formula is C25H34F2N4O4S. The van der Waals surface area contributed by atoms with Gasteiger partial charge in [-0.25, -0.2) is 9.37 Å². The Balaban J connectivity index is 1.48. The molecule has 0 spiro atoms. The van der Waals surface area contributed by atoms with Gasteiger partial charge in [-0.3, -0.25) is 0 Å². The number of rotatable bonds is 8. The van der Waals surface area contributed by atoms with E-state index in [1.54, 1.807) is 17.0 Å². The van der Waals surface area contributed by atoms with E-state index in [-0.39, 0.29) is 36.3 Å². The Morgan fingerprint density at radius 2 is 1.92 bits per heavy atom. The molecule has 3 atom stereocenters. The lowest BCUT2D eigenvalue weighted by atomic mass is 9.82. The van der Waals surface area contributed by atoms with E-state index in [9.17, 15) is 22.3 Å². The maximum absolute atomic E-state index is 14.9. The van der Waals surface area contributed by atoms with Crippen LogP contribution < -0.4 is 9.62 Å². The van der Waals surface area contributed by atoms with Gasteiger partial charge in [0.2, 0.25) is 5.82 Å². The topological polar surface area (TPSA) is 95.0 Å². The van der Waals surface area contributed by atoms with Gasteiger partial charge in [0.05, 0.1) is 18.8 Å². The molecule has 11 heteroatoms. The first-order valence-corrected chi connectivity index (χ1v) is 13.7. The van der Waals surface area contributed by atoms with Gasteiger partial charge < -0.3 is 14.7 Å². The van der Waals surface area contributed by atoms with Crippen molar-refractivity contribution >= 4 is 16.0 Å². The predicted molar refractivity (Wildman–Crippen MR) is 133 cm³/mol. The summed E-state index contributed by atoms with van der Waals surface area (Å²) in [6.07, 6.45) is 5.00. The number of halogens is 2. The Morgan fingerprint density at radius 3 is 2.58 bits per heavy atom. The van der Waals surface area contributed by atoms with Crippen molar-refractivity contribution in [1.29, 1.82) is 0 Å². The lowest BCUT2D eigenvalue weighted by Crippen LogP contribution is -2.51. The number of nitrogens with zero attached hydrogens (tertiary/aromatic N) is 3. The smallest absolute Gasteiger partial charge is 0.279 e. The van der Waals surface area contributed by atoms with Gasteiger partial charge in [-0.2, -0.15) is 21.8 Å². The van der Waals surface area contributed by atoms with Crippen molar-refractivity contribution in [3.8, 4) is 5.75 Å². The molecule has 0 amide bonds. The highest BCUT2D eigenvalue weighted by Gasteiger charge is 2.43. The fourth-order valence-corrected chi connectivity index (χ4v) is 6.15. The molecule has 1 aromatic heterocycles. The highest BCUT2D eigenvalue weighted by atomic mass is 32.2. The molecule has 2 N–H and O–H groups in total. The van der Waals surface area contributed by atoms with E-state index in [2.05, 4.69) is 9.71 Å². The summed E-state index contributed by atoms with van der Waals surface area (Å²) in [6, 6.07) is 6.56. The summed E-state index contributed by atoms with van der Waals surface area (Å²) in [4.78, 5) is 5.85. The maximum atomic E-state index is 14.9. The molecule has 0 unspecified atom stereocenters. The molecule has 0 radical (unpaired) electrons. The summed E-state index contributed by atoms with van der Waals surface area (Å²) in [5.74, 6) is -1.35. The van der Waals surface area contributed by atoms with Crippen LogP contribution in [0.2, 0.25) is 0 Å². The van der Waals surface area contributed by atoms with Crippen LogP contribution in [0, 0.1) is 11.6 Å². The van der Waals surface area contributed by atoms with Gasteiger partial charge in [0, 0.05) is 38.4 Å². The Labute approximate surface area is 211 Å². The van der Waals surface area contributed by atoms with Crippen LogP contribution in [-0.2, 0) is 14.9 Å². The van der Waals surface area contributed by atoms with Gasteiger partial charge in [0.15, 0.2) is 11.6 Å². The largest absolute Gasteiger partial charge is 0.505 e. The van der Waals surface area contributed by atoms with Crippen LogP contribution in [-0.4, -0.2) is 67.7 Å². The zero-order valence-electron chi connectivity index (χ0n) is 20.8. The minimum atomic E-state index is -3.74. The molecule has 1 aliphatic heterocycles. The average molecular weight is 525 g/mol. The number of ether oxygens (including phenoxy) is 1. The number of pyridine rings is 1. The van der Waals surface area contributed by atoms with Crippen molar-refractivity contribution in [2.45, 2.75) is 69.2 Å². The van der Waals surface area contributed by atoms with Gasteiger partial charge in [0.25, 0.3) is 10.2 Å². The normalized spacial score (nSPS) is 27.1. The van der Waals surface area contributed by atoms with Crippen LogP contribution in [0.3, 0.4) is 0 Å². The van der Waals surface area contributed by atoms with Gasteiger partial charge in [-0.15, -0.1) is 0 Å². The van der Waals surface area contributed by atoms with Crippen LogP contribution >= 0.6 is 0 Å². The fourth-order valence-electron chi connectivity index (χ4n) is 5.31. The lowest BCUT2D eigenvalue weighted by molar-refractivity contribution is 0.0153. The highest BCUT2D eigenvalue weighted by molar-refractivity contribution is 7.87. The zero-order valence-corrected chi connectivity index (χ0v) is 21.6. The summed E-state index contributed by atoms with van der Waals surface area (Å²) < 4.78 is 63.8. The molecule has 1 saturated heterocycles. The molecule has 2 aromatic rings. The third-order valence-electron chi connectivity index (χ3n) is 7.26. The van der Waals surface area contributed by atoms with Gasteiger partial charge in [-0.05, 0) is 62.6 Å². The van der Waals surface area contributed by atoms with Crippen LogP contribution in [0.1, 0.15) is 50.5 Å². The molecule has 198 valence electrons. The number of hydrogen-bond acceptors (Lipinski definition) is 6. The number of anilines is 1. The molecule has 1 aliphatic carbocycles. The first kappa shape index (κ1) is 26.7. The predicted octanol–water partition coefficient (Wildman–Crippen LogP) is 3.54. The molecule has 2 aliphatic rings. The van der Waals surface area contributed by atoms with Crippen LogP contribution in [0.5, 0.6) is 5.75 Å². The van der Waals surface area contributed by atoms with Crippen molar-refractivity contribution in [2.24, 2.45) is 0 Å². The maximum Gasteiger partial charge on any atom is 0.279 e. The quantitative estimate of drug-likeness (QED) is 0.549. The SMILES string of the molecule is C[C@@H]1C[C@H](NS(=O)(=O)N(C)C)[C@H](CO[C@H]2CC[C@@H](c3cccc(F)c3)CC2)N1c1nccc(O)c1F. The van der Waals surface area contributed by atoms with Crippen molar-refractivity contribution in [3.63, 3.8) is 0 Å². The summed E-state index contributed by atoms with van der Waals surface area (Å²) in [7, 11) is -0.856. The second-order valence-electron chi connectivity index (χ2n) is 9.90. The number of aromatic hydroxyl groups is 1. The molecule has 8 nitrogen and oxygen atoms in total. The fraction of sp³-hybridized carbons (Fsp3) is 0.560. The minimum Gasteiger partial charge on any atom is -0.505 e. The Kier molecular flexibility index (Phi) is 8.13. The van der Waals surface area contributed by atoms with Crippen molar-refractivity contribution in [1.82, 2.24) is 14.0 Å². The highest BCUT2D eigenvalue weighted by Crippen LogP contribution is 2.37. The van der Waals surface area contributed by atoms with Gasteiger partial charge in [0.1, 0.15) is 5.82 Å². The third-order valence-corrected chi connectivity index (χ3v) is 8.83. The van der Waals surface area contributed by atoms with E-state index >= 15 is 0 Å². The number of nitrogens with one attached hydrogen (secondary N) is 1. The molecule has 0 bridgehead atoms. The molecule has 4 rings (SSSR count). The summed E-state index contributed by atoms with van der Waals surface area (Å²) in [6.45, 7) is 2.03. The van der Waals surface area contributed by atoms with E-state index in [4.69, 9.17) is 4.74 Å². The van der Waals surface area contributed by atoms with E-state index < -0.39 is 33.9 Å². The third kappa shape index (κ3) is 5.80. The minimum absolute atomic E-state index is 0.0301. The second kappa shape index (κ2) is 11.0. The van der Waals surface area contributed by atoms with E-state index in [0.29, 0.717) is 6.42 Å².